The summed E-state index contributed by atoms with van der Waals surface area (Å²) in [6.07, 6.45) is 2.37. The van der Waals surface area contributed by atoms with Crippen LogP contribution in [-0.2, 0) is 0 Å². The molecular formula is C13H18BrFN2. The number of benzene rings is 1. The zero-order chi connectivity index (χ0) is 12.6. The Morgan fingerprint density at radius 2 is 2.12 bits per heavy atom. The third kappa shape index (κ3) is 2.92. The summed E-state index contributed by atoms with van der Waals surface area (Å²) in [5.41, 5.74) is 7.47. The number of hydrogen-bond donors (Lipinski definition) is 1. The van der Waals surface area contributed by atoms with Crippen molar-refractivity contribution in [3.8, 4) is 0 Å². The topological polar surface area (TPSA) is 29.3 Å². The van der Waals surface area contributed by atoms with E-state index in [0.29, 0.717) is 22.1 Å². The van der Waals surface area contributed by atoms with Gasteiger partial charge in [-0.15, -0.1) is 0 Å². The zero-order valence-electron chi connectivity index (χ0n) is 10.2. The molecule has 17 heavy (non-hydrogen) atoms. The molecule has 2 rings (SSSR count). The predicted octanol–water partition coefficient (Wildman–Crippen LogP) is 3.80. The lowest BCUT2D eigenvalue weighted by Gasteiger charge is -2.28. The molecule has 0 aromatic heterocycles. The van der Waals surface area contributed by atoms with Crippen LogP contribution in [0.3, 0.4) is 0 Å². The average molecular weight is 301 g/mol. The summed E-state index contributed by atoms with van der Waals surface area (Å²) in [5.74, 6) is 0.297. The van der Waals surface area contributed by atoms with Crippen molar-refractivity contribution >= 4 is 27.3 Å². The highest BCUT2D eigenvalue weighted by Crippen LogP contribution is 2.37. The van der Waals surface area contributed by atoms with Crippen LogP contribution in [0.15, 0.2) is 16.6 Å². The van der Waals surface area contributed by atoms with E-state index >= 15 is 0 Å². The summed E-state index contributed by atoms with van der Waals surface area (Å²) in [6, 6.07) is 3.74. The van der Waals surface area contributed by atoms with Gasteiger partial charge in [0.2, 0.25) is 0 Å². The maximum absolute atomic E-state index is 13.6. The minimum Gasteiger partial charge on any atom is -0.397 e. The standard InChI is InChI=1S/C13H18BrFN2/c1-8(2)7-17(9-3-4-9)13-6-11(15)10(14)5-12(13)16/h5-6,8-9H,3-4,7,16H2,1-2H3. The molecule has 0 radical (unpaired) electrons. The van der Waals surface area contributed by atoms with Gasteiger partial charge in [0.1, 0.15) is 5.82 Å². The summed E-state index contributed by atoms with van der Waals surface area (Å²) in [4.78, 5) is 2.25. The molecule has 2 N–H and O–H groups in total. The average Bonchev–Trinajstić information content (AvgIpc) is 3.04. The number of nitrogen functional groups attached to an aromatic ring is 1. The molecule has 1 fully saturated rings. The molecule has 0 atom stereocenters. The van der Waals surface area contributed by atoms with Gasteiger partial charge in [0.25, 0.3) is 0 Å². The van der Waals surface area contributed by atoms with Crippen molar-refractivity contribution in [3.63, 3.8) is 0 Å². The van der Waals surface area contributed by atoms with Gasteiger partial charge in [-0.1, -0.05) is 13.8 Å². The van der Waals surface area contributed by atoms with Gasteiger partial charge >= 0.3 is 0 Å². The van der Waals surface area contributed by atoms with Gasteiger partial charge in [-0.25, -0.2) is 4.39 Å². The van der Waals surface area contributed by atoms with E-state index in [9.17, 15) is 4.39 Å². The lowest BCUT2D eigenvalue weighted by atomic mass is 10.1. The first-order chi connectivity index (χ1) is 7.99. The van der Waals surface area contributed by atoms with E-state index in [4.69, 9.17) is 5.73 Å². The Labute approximate surface area is 110 Å². The molecule has 0 saturated heterocycles. The second kappa shape index (κ2) is 4.84. The molecule has 1 saturated carbocycles. The summed E-state index contributed by atoms with van der Waals surface area (Å²) in [5, 5.41) is 0. The van der Waals surface area contributed by atoms with Crippen molar-refractivity contribution in [2.75, 3.05) is 17.2 Å². The van der Waals surface area contributed by atoms with Crippen LogP contribution in [-0.4, -0.2) is 12.6 Å². The van der Waals surface area contributed by atoms with Crippen LogP contribution in [0.2, 0.25) is 0 Å². The number of anilines is 2. The van der Waals surface area contributed by atoms with Crippen molar-refractivity contribution in [1.29, 1.82) is 0 Å². The number of nitrogens with zero attached hydrogens (tertiary/aromatic N) is 1. The minimum absolute atomic E-state index is 0.247. The third-order valence-corrected chi connectivity index (χ3v) is 3.54. The molecule has 1 aromatic carbocycles. The SMILES string of the molecule is CC(C)CN(c1cc(F)c(Br)cc1N)C1CC1. The lowest BCUT2D eigenvalue weighted by Crippen LogP contribution is -2.30. The fourth-order valence-corrected chi connectivity index (χ4v) is 2.39. The van der Waals surface area contributed by atoms with E-state index < -0.39 is 0 Å². The molecule has 4 heteroatoms. The van der Waals surface area contributed by atoms with E-state index in [1.165, 1.54) is 12.8 Å². The largest absolute Gasteiger partial charge is 0.397 e. The first-order valence-corrected chi connectivity index (χ1v) is 6.79. The lowest BCUT2D eigenvalue weighted by molar-refractivity contribution is 0.598. The van der Waals surface area contributed by atoms with E-state index in [2.05, 4.69) is 34.7 Å². The van der Waals surface area contributed by atoms with E-state index in [1.54, 1.807) is 12.1 Å². The number of nitrogens with two attached hydrogens (primary N) is 1. The Kier molecular flexibility index (Phi) is 3.61. The highest BCUT2D eigenvalue weighted by molar-refractivity contribution is 9.10. The van der Waals surface area contributed by atoms with Gasteiger partial charge in [0.15, 0.2) is 0 Å². The molecule has 1 aliphatic carbocycles. The third-order valence-electron chi connectivity index (χ3n) is 2.93. The van der Waals surface area contributed by atoms with Crippen LogP contribution < -0.4 is 10.6 Å². The smallest absolute Gasteiger partial charge is 0.139 e. The molecule has 94 valence electrons. The molecule has 0 unspecified atom stereocenters. The Hall–Kier alpha value is -0.770. The molecule has 0 heterocycles. The molecule has 0 bridgehead atoms. The van der Waals surface area contributed by atoms with E-state index in [-0.39, 0.29) is 5.82 Å². The molecule has 1 aromatic rings. The van der Waals surface area contributed by atoms with Crippen LogP contribution in [0, 0.1) is 11.7 Å². The Morgan fingerprint density at radius 1 is 1.47 bits per heavy atom. The molecular weight excluding hydrogens is 283 g/mol. The molecule has 0 aliphatic heterocycles. The fourth-order valence-electron chi connectivity index (χ4n) is 2.02. The van der Waals surface area contributed by atoms with Crippen LogP contribution in [0.1, 0.15) is 26.7 Å². The number of hydrogen-bond acceptors (Lipinski definition) is 2. The highest BCUT2D eigenvalue weighted by atomic mass is 79.9. The van der Waals surface area contributed by atoms with Crippen molar-refractivity contribution in [2.45, 2.75) is 32.7 Å². The van der Waals surface area contributed by atoms with Gasteiger partial charge in [-0.05, 0) is 40.8 Å². The molecule has 1 aliphatic rings. The van der Waals surface area contributed by atoms with Crippen molar-refractivity contribution in [3.05, 3.63) is 22.4 Å². The normalized spacial score (nSPS) is 15.4. The van der Waals surface area contributed by atoms with Crippen molar-refractivity contribution in [1.82, 2.24) is 0 Å². The maximum atomic E-state index is 13.6. The molecule has 0 amide bonds. The Balaban J connectivity index is 2.31. The number of halogens is 2. The summed E-state index contributed by atoms with van der Waals surface area (Å²) in [7, 11) is 0. The molecule has 2 nitrogen and oxygen atoms in total. The minimum atomic E-state index is -0.247. The molecule has 0 spiro atoms. The fraction of sp³-hybridized carbons (Fsp3) is 0.538. The number of rotatable bonds is 4. The summed E-state index contributed by atoms with van der Waals surface area (Å²) >= 11 is 3.16. The first kappa shape index (κ1) is 12.7. The maximum Gasteiger partial charge on any atom is 0.139 e. The Bertz CT molecular complexity index is 416. The second-order valence-electron chi connectivity index (χ2n) is 5.10. The zero-order valence-corrected chi connectivity index (χ0v) is 11.8. The van der Waals surface area contributed by atoms with E-state index in [0.717, 1.165) is 12.2 Å². The van der Waals surface area contributed by atoms with Crippen LogP contribution >= 0.6 is 15.9 Å². The van der Waals surface area contributed by atoms with Crippen molar-refractivity contribution in [2.24, 2.45) is 5.92 Å². The van der Waals surface area contributed by atoms with Crippen LogP contribution in [0.4, 0.5) is 15.8 Å². The van der Waals surface area contributed by atoms with E-state index in [1.807, 2.05) is 0 Å². The highest BCUT2D eigenvalue weighted by Gasteiger charge is 2.31. The van der Waals surface area contributed by atoms with Crippen molar-refractivity contribution < 1.29 is 4.39 Å². The first-order valence-electron chi connectivity index (χ1n) is 6.00. The van der Waals surface area contributed by atoms with Gasteiger partial charge in [-0.2, -0.15) is 0 Å². The quantitative estimate of drug-likeness (QED) is 0.857. The van der Waals surface area contributed by atoms with Crippen LogP contribution in [0.5, 0.6) is 0 Å². The second-order valence-corrected chi connectivity index (χ2v) is 5.96. The monoisotopic (exact) mass is 300 g/mol. The van der Waals surface area contributed by atoms with Gasteiger partial charge in [-0.3, -0.25) is 0 Å². The van der Waals surface area contributed by atoms with Gasteiger partial charge < -0.3 is 10.6 Å². The Morgan fingerprint density at radius 3 is 2.65 bits per heavy atom. The van der Waals surface area contributed by atoms with Gasteiger partial charge in [0, 0.05) is 18.7 Å². The van der Waals surface area contributed by atoms with Gasteiger partial charge in [0.05, 0.1) is 15.8 Å². The summed E-state index contributed by atoms with van der Waals surface area (Å²) in [6.45, 7) is 5.26. The predicted molar refractivity (Wildman–Crippen MR) is 73.7 cm³/mol. The van der Waals surface area contributed by atoms with Crippen LogP contribution in [0.25, 0.3) is 0 Å². The summed E-state index contributed by atoms with van der Waals surface area (Å²) < 4.78 is 14.0.